The van der Waals surface area contributed by atoms with Crippen LogP contribution in [0.15, 0.2) is 385 Å². The highest BCUT2D eigenvalue weighted by Crippen LogP contribution is 2.60. The van der Waals surface area contributed by atoms with E-state index < -0.39 is 10.8 Å². The van der Waals surface area contributed by atoms with Crippen LogP contribution >= 0.6 is 0 Å². The van der Waals surface area contributed by atoms with Crippen LogP contribution in [-0.4, -0.2) is 0 Å². The van der Waals surface area contributed by atoms with Gasteiger partial charge < -0.3 is 18.6 Å². The van der Waals surface area contributed by atoms with E-state index in [-0.39, 0.29) is 0 Å². The molecule has 0 radical (unpaired) electrons. The number of anilines is 6. The maximum atomic E-state index is 6.87. The van der Waals surface area contributed by atoms with E-state index in [4.69, 9.17) is 8.83 Å². The molecule has 18 aromatic rings. The van der Waals surface area contributed by atoms with Gasteiger partial charge in [-0.05, 0) is 176 Å². The van der Waals surface area contributed by atoms with Crippen LogP contribution in [-0.2, 0) is 10.8 Å². The van der Waals surface area contributed by atoms with Crippen molar-refractivity contribution in [1.82, 2.24) is 0 Å². The molecular formula is C100H68N2O2. The Morgan fingerprint density at radius 2 is 0.538 bits per heavy atom. The van der Waals surface area contributed by atoms with Gasteiger partial charge in [-0.3, -0.25) is 0 Å². The van der Waals surface area contributed by atoms with Crippen LogP contribution in [0.25, 0.3) is 99.5 Å². The van der Waals surface area contributed by atoms with Crippen LogP contribution in [0, 0.1) is 13.8 Å². The van der Waals surface area contributed by atoms with Gasteiger partial charge in [-0.1, -0.05) is 303 Å². The van der Waals surface area contributed by atoms with Crippen LogP contribution in [0.5, 0.6) is 0 Å². The van der Waals surface area contributed by atoms with Crippen molar-refractivity contribution in [1.29, 1.82) is 0 Å². The fourth-order valence-corrected chi connectivity index (χ4v) is 17.8. The zero-order valence-corrected chi connectivity index (χ0v) is 57.5. The highest BCUT2D eigenvalue weighted by atomic mass is 16.3. The van der Waals surface area contributed by atoms with Gasteiger partial charge in [-0.2, -0.15) is 0 Å². The Morgan fingerprint density at radius 1 is 0.221 bits per heavy atom. The number of rotatable bonds is 13. The van der Waals surface area contributed by atoms with Crippen LogP contribution in [0.4, 0.5) is 34.1 Å². The van der Waals surface area contributed by atoms with Crippen LogP contribution in [0.3, 0.4) is 0 Å². The SMILES string of the molecule is Cc1cc(-c2ccc(N(c3ccc4c(c3)C(c3ccccc3)(c3ccccc3)c3ccccc3-4)c3ccccc3-c3cccc4c3oc3ccccc34)c(C)c2)ccc1N(c1ccc2c(c1)C(c1ccccc1)(c1ccccc1)c1ccccc1-2)c1ccccc1-c1cccc2c1oc1ccccc12. The molecule has 490 valence electrons. The van der Waals surface area contributed by atoms with Gasteiger partial charge in [-0.25, -0.2) is 0 Å². The minimum absolute atomic E-state index is 0.611. The standard InChI is InChI=1S/C100H68N2O2/c1-65-61-67(53-59-91(65)101(93-49-23-17-39-79(93)83-43-27-45-85-81-41-19-25-51-95(81)103-97(83)85)73-55-57-77-75-37-15-21-47-87(75)99(89(77)63-73,69-29-7-3-8-30-69)70-31-9-4-10-32-70)68-54-60-92(66(2)62-68)102(94-50-24-18-40-80(94)84-44-28-46-86-82-42-20-26-52-96(82)104-98(84)86)74-56-58-78-76-38-16-22-48-88(76)100(90(78)64-74,71-33-11-5-12-34-71)72-35-13-6-14-36-72/h3-64H,1-2H3. The van der Waals surface area contributed by atoms with Gasteiger partial charge >= 0.3 is 0 Å². The molecule has 16 aromatic carbocycles. The molecule has 0 saturated carbocycles. The summed E-state index contributed by atoms with van der Waals surface area (Å²) in [5, 5.41) is 4.38. The fourth-order valence-electron chi connectivity index (χ4n) is 17.8. The molecule has 0 N–H and O–H groups in total. The average Bonchev–Trinajstić information content (AvgIpc) is 1.55. The van der Waals surface area contributed by atoms with E-state index in [9.17, 15) is 0 Å². The van der Waals surface area contributed by atoms with Crippen molar-refractivity contribution < 1.29 is 8.83 Å². The molecule has 0 saturated heterocycles. The summed E-state index contributed by atoms with van der Waals surface area (Å²) < 4.78 is 13.7. The summed E-state index contributed by atoms with van der Waals surface area (Å²) in [5.41, 5.74) is 32.0. The summed E-state index contributed by atoms with van der Waals surface area (Å²) in [6, 6.07) is 138. The topological polar surface area (TPSA) is 32.8 Å². The number of fused-ring (bicyclic) bond motifs is 12. The van der Waals surface area contributed by atoms with Crippen molar-refractivity contribution in [2.24, 2.45) is 0 Å². The van der Waals surface area contributed by atoms with Gasteiger partial charge in [-0.15, -0.1) is 0 Å². The highest BCUT2D eigenvalue weighted by molar-refractivity contribution is 6.12. The smallest absolute Gasteiger partial charge is 0.143 e. The molecule has 2 heterocycles. The molecule has 0 unspecified atom stereocenters. The summed E-state index contributed by atoms with van der Waals surface area (Å²) >= 11 is 0. The quantitative estimate of drug-likeness (QED) is 0.115. The second-order valence-corrected chi connectivity index (χ2v) is 27.8. The normalized spacial score (nSPS) is 13.1. The molecule has 4 nitrogen and oxygen atoms in total. The molecule has 0 fully saturated rings. The highest BCUT2D eigenvalue weighted by Gasteiger charge is 2.48. The van der Waals surface area contributed by atoms with E-state index in [2.05, 4.69) is 400 Å². The number of nitrogens with zero attached hydrogens (tertiary/aromatic N) is 2. The molecule has 0 bridgehead atoms. The zero-order chi connectivity index (χ0) is 69.0. The van der Waals surface area contributed by atoms with Gasteiger partial charge in [0.15, 0.2) is 0 Å². The van der Waals surface area contributed by atoms with Crippen LogP contribution in [0.2, 0.25) is 0 Å². The Balaban J connectivity index is 0.767. The number of aryl methyl sites for hydroxylation is 2. The summed E-state index contributed by atoms with van der Waals surface area (Å²) in [6.45, 7) is 4.55. The first-order valence-corrected chi connectivity index (χ1v) is 36.0. The van der Waals surface area contributed by atoms with E-state index >= 15 is 0 Å². The Bertz CT molecular complexity index is 5930. The first-order valence-electron chi connectivity index (χ1n) is 36.0. The van der Waals surface area contributed by atoms with Crippen molar-refractivity contribution in [2.45, 2.75) is 24.7 Å². The largest absolute Gasteiger partial charge is 0.455 e. The van der Waals surface area contributed by atoms with Gasteiger partial charge in [0.25, 0.3) is 0 Å². The Labute approximate surface area is 604 Å². The number of furan rings is 2. The second-order valence-electron chi connectivity index (χ2n) is 27.8. The first kappa shape index (κ1) is 60.7. The fraction of sp³-hybridized carbons (Fsp3) is 0.0400. The van der Waals surface area contributed by atoms with Crippen molar-refractivity contribution >= 4 is 78.0 Å². The summed E-state index contributed by atoms with van der Waals surface area (Å²) in [5.74, 6) is 0. The Morgan fingerprint density at radius 3 is 0.933 bits per heavy atom. The number of hydrogen-bond acceptors (Lipinski definition) is 4. The lowest BCUT2D eigenvalue weighted by Gasteiger charge is -2.35. The molecule has 2 aliphatic rings. The molecule has 0 amide bonds. The predicted octanol–water partition coefficient (Wildman–Crippen LogP) is 26.8. The molecule has 0 aliphatic heterocycles. The maximum absolute atomic E-state index is 6.87. The van der Waals surface area contributed by atoms with Gasteiger partial charge in [0.2, 0.25) is 0 Å². The Kier molecular flexibility index (Phi) is 14.1. The monoisotopic (exact) mass is 1330 g/mol. The molecule has 0 spiro atoms. The van der Waals surface area contributed by atoms with E-state index in [1.54, 1.807) is 0 Å². The van der Waals surface area contributed by atoms with Crippen LogP contribution in [0.1, 0.15) is 55.6 Å². The van der Waals surface area contributed by atoms with Crippen molar-refractivity contribution in [3.8, 4) is 55.6 Å². The molecule has 2 aromatic heterocycles. The van der Waals surface area contributed by atoms with E-state index in [0.29, 0.717) is 0 Å². The maximum Gasteiger partial charge on any atom is 0.143 e. The molecular weight excluding hydrogens is 1260 g/mol. The number of hydrogen-bond donors (Lipinski definition) is 0. The van der Waals surface area contributed by atoms with Gasteiger partial charge in [0.05, 0.1) is 22.2 Å². The Hall–Kier alpha value is -13.3. The lowest BCUT2D eigenvalue weighted by Crippen LogP contribution is -2.28. The lowest BCUT2D eigenvalue weighted by atomic mass is 9.67. The lowest BCUT2D eigenvalue weighted by molar-refractivity contribution is 0.669. The number of para-hydroxylation sites is 6. The first-order chi connectivity index (χ1) is 51.4. The molecule has 20 rings (SSSR count). The summed E-state index contributed by atoms with van der Waals surface area (Å²) in [6.07, 6.45) is 0. The summed E-state index contributed by atoms with van der Waals surface area (Å²) in [7, 11) is 0. The van der Waals surface area contributed by atoms with Crippen LogP contribution < -0.4 is 9.80 Å². The van der Waals surface area contributed by atoms with E-state index in [0.717, 1.165) is 123 Å². The number of benzene rings is 16. The third-order valence-electron chi connectivity index (χ3n) is 22.3. The average molecular weight is 1330 g/mol. The molecule has 4 heteroatoms. The molecule has 2 aliphatic carbocycles. The van der Waals surface area contributed by atoms with E-state index in [1.165, 1.54) is 66.8 Å². The zero-order valence-electron chi connectivity index (χ0n) is 57.5. The van der Waals surface area contributed by atoms with Crippen molar-refractivity contribution in [3.63, 3.8) is 0 Å². The molecule has 0 atom stereocenters. The van der Waals surface area contributed by atoms with Crippen molar-refractivity contribution in [2.75, 3.05) is 9.80 Å². The van der Waals surface area contributed by atoms with Gasteiger partial charge in [0.1, 0.15) is 22.3 Å². The third-order valence-corrected chi connectivity index (χ3v) is 22.3. The summed E-state index contributed by atoms with van der Waals surface area (Å²) in [4.78, 5) is 4.99. The minimum Gasteiger partial charge on any atom is -0.455 e. The predicted molar refractivity (Wildman–Crippen MR) is 431 cm³/mol. The minimum atomic E-state index is -0.611. The van der Waals surface area contributed by atoms with Gasteiger partial charge in [0, 0.05) is 66.5 Å². The molecule has 104 heavy (non-hydrogen) atoms. The third kappa shape index (κ3) is 9.18. The van der Waals surface area contributed by atoms with E-state index in [1.807, 2.05) is 0 Å². The van der Waals surface area contributed by atoms with Crippen molar-refractivity contribution in [3.05, 3.63) is 432 Å². The second kappa shape index (κ2) is 24.2.